The first-order valence-corrected chi connectivity index (χ1v) is 8.54. The van der Waals surface area contributed by atoms with E-state index < -0.39 is 0 Å². The van der Waals surface area contributed by atoms with Crippen LogP contribution in [0.2, 0.25) is 0 Å². The molecule has 1 amide bonds. The van der Waals surface area contributed by atoms with Crippen LogP contribution in [-0.4, -0.2) is 65.9 Å². The molecule has 1 aromatic rings. The van der Waals surface area contributed by atoms with Crippen LogP contribution in [0.3, 0.4) is 0 Å². The largest absolute Gasteiger partial charge is 0.340 e. The van der Waals surface area contributed by atoms with Crippen molar-refractivity contribution in [3.63, 3.8) is 0 Å². The summed E-state index contributed by atoms with van der Waals surface area (Å²) in [4.78, 5) is 18.9. The molecule has 22 heavy (non-hydrogen) atoms. The minimum Gasteiger partial charge on any atom is -0.340 e. The van der Waals surface area contributed by atoms with Gasteiger partial charge >= 0.3 is 0 Å². The van der Waals surface area contributed by atoms with E-state index in [2.05, 4.69) is 40.1 Å². The normalized spacial score (nSPS) is 23.9. The van der Waals surface area contributed by atoms with Crippen LogP contribution in [0, 0.1) is 0 Å². The third kappa shape index (κ3) is 3.68. The number of hydrogen-bond donors (Lipinski definition) is 0. The predicted octanol–water partition coefficient (Wildman–Crippen LogP) is 1.82. The molecular weight excluding hydrogens is 274 g/mol. The summed E-state index contributed by atoms with van der Waals surface area (Å²) < 4.78 is 0. The Hall–Kier alpha value is -1.39. The van der Waals surface area contributed by atoms with E-state index >= 15 is 0 Å². The molecule has 1 unspecified atom stereocenters. The van der Waals surface area contributed by atoms with Crippen molar-refractivity contribution >= 4 is 5.91 Å². The van der Waals surface area contributed by atoms with Crippen LogP contribution in [-0.2, 0) is 11.3 Å². The average Bonchev–Trinajstić information content (AvgIpc) is 3.04. The van der Waals surface area contributed by atoms with Crippen LogP contribution in [0.1, 0.15) is 25.3 Å². The molecule has 0 aliphatic carbocycles. The van der Waals surface area contributed by atoms with Crippen molar-refractivity contribution in [2.24, 2.45) is 0 Å². The van der Waals surface area contributed by atoms with Gasteiger partial charge in [0.05, 0.1) is 0 Å². The first-order valence-electron chi connectivity index (χ1n) is 8.54. The number of amides is 1. The molecule has 0 bridgehead atoms. The standard InChI is InChI=1S/C18H27N3O/c1-2-18(22)21-12-10-20(11-13-21)17-8-9-19(15-17)14-16-6-4-3-5-7-16/h3-7,17H,2,8-15H2,1H3. The van der Waals surface area contributed by atoms with Crippen LogP contribution in [0.5, 0.6) is 0 Å². The Kier molecular flexibility index (Phi) is 5.11. The zero-order valence-corrected chi connectivity index (χ0v) is 13.6. The lowest BCUT2D eigenvalue weighted by atomic mass is 10.2. The number of benzene rings is 1. The Bertz CT molecular complexity index is 482. The van der Waals surface area contributed by atoms with Crippen LogP contribution < -0.4 is 0 Å². The summed E-state index contributed by atoms with van der Waals surface area (Å²) in [6.07, 6.45) is 1.89. The van der Waals surface area contributed by atoms with E-state index in [1.54, 1.807) is 0 Å². The van der Waals surface area contributed by atoms with Crippen molar-refractivity contribution in [3.8, 4) is 0 Å². The highest BCUT2D eigenvalue weighted by Crippen LogP contribution is 2.19. The number of carbonyl (C=O) groups excluding carboxylic acids is 1. The lowest BCUT2D eigenvalue weighted by molar-refractivity contribution is -0.132. The molecule has 3 rings (SSSR count). The van der Waals surface area contributed by atoms with Crippen LogP contribution >= 0.6 is 0 Å². The van der Waals surface area contributed by atoms with Gasteiger partial charge in [-0.25, -0.2) is 0 Å². The molecule has 2 fully saturated rings. The van der Waals surface area contributed by atoms with E-state index in [0.717, 1.165) is 39.3 Å². The second kappa shape index (κ2) is 7.25. The molecule has 4 heteroatoms. The molecule has 0 saturated carbocycles. The highest BCUT2D eigenvalue weighted by atomic mass is 16.2. The predicted molar refractivity (Wildman–Crippen MR) is 88.6 cm³/mol. The molecule has 0 spiro atoms. The third-order valence-corrected chi connectivity index (χ3v) is 4.98. The topological polar surface area (TPSA) is 26.8 Å². The molecule has 2 heterocycles. The van der Waals surface area contributed by atoms with Gasteiger partial charge in [-0.05, 0) is 12.0 Å². The second-order valence-electron chi connectivity index (χ2n) is 6.43. The Balaban J connectivity index is 1.46. The summed E-state index contributed by atoms with van der Waals surface area (Å²) in [5.41, 5.74) is 1.40. The van der Waals surface area contributed by atoms with Gasteiger partial charge in [0.25, 0.3) is 0 Å². The molecule has 0 radical (unpaired) electrons. The maximum atomic E-state index is 11.7. The minimum absolute atomic E-state index is 0.303. The summed E-state index contributed by atoms with van der Waals surface area (Å²) in [5, 5.41) is 0. The van der Waals surface area contributed by atoms with Gasteiger partial charge in [0.1, 0.15) is 0 Å². The van der Waals surface area contributed by atoms with Crippen molar-refractivity contribution < 1.29 is 4.79 Å². The van der Waals surface area contributed by atoms with Gasteiger partial charge in [-0.3, -0.25) is 14.6 Å². The highest BCUT2D eigenvalue weighted by Gasteiger charge is 2.30. The Labute approximate surface area is 133 Å². The van der Waals surface area contributed by atoms with Crippen molar-refractivity contribution in [2.75, 3.05) is 39.3 Å². The number of carbonyl (C=O) groups is 1. The van der Waals surface area contributed by atoms with Crippen LogP contribution in [0.15, 0.2) is 30.3 Å². The first-order chi connectivity index (χ1) is 10.8. The molecule has 0 aromatic heterocycles. The summed E-state index contributed by atoms with van der Waals surface area (Å²) in [7, 11) is 0. The van der Waals surface area contributed by atoms with E-state index in [1.807, 2.05) is 11.8 Å². The van der Waals surface area contributed by atoms with Crippen molar-refractivity contribution in [1.82, 2.24) is 14.7 Å². The fourth-order valence-corrected chi connectivity index (χ4v) is 3.66. The fourth-order valence-electron chi connectivity index (χ4n) is 3.66. The number of hydrogen-bond acceptors (Lipinski definition) is 3. The van der Waals surface area contributed by atoms with Gasteiger partial charge < -0.3 is 4.90 Å². The zero-order chi connectivity index (χ0) is 15.4. The van der Waals surface area contributed by atoms with Crippen LogP contribution in [0.4, 0.5) is 0 Å². The van der Waals surface area contributed by atoms with Crippen molar-refractivity contribution in [1.29, 1.82) is 0 Å². The van der Waals surface area contributed by atoms with E-state index in [0.29, 0.717) is 18.4 Å². The van der Waals surface area contributed by atoms with Crippen molar-refractivity contribution in [2.45, 2.75) is 32.4 Å². The van der Waals surface area contributed by atoms with Gasteiger partial charge in [0, 0.05) is 58.3 Å². The molecule has 1 atom stereocenters. The zero-order valence-electron chi connectivity index (χ0n) is 13.6. The van der Waals surface area contributed by atoms with E-state index in [1.165, 1.54) is 18.5 Å². The number of nitrogens with zero attached hydrogens (tertiary/aromatic N) is 3. The Morgan fingerprint density at radius 2 is 1.82 bits per heavy atom. The molecule has 2 aliphatic rings. The number of piperazine rings is 1. The molecule has 4 nitrogen and oxygen atoms in total. The lowest BCUT2D eigenvalue weighted by Crippen LogP contribution is -2.52. The first kappa shape index (κ1) is 15.5. The lowest BCUT2D eigenvalue weighted by Gasteiger charge is -2.38. The summed E-state index contributed by atoms with van der Waals surface area (Å²) in [6, 6.07) is 11.4. The van der Waals surface area contributed by atoms with Gasteiger partial charge in [-0.15, -0.1) is 0 Å². The van der Waals surface area contributed by atoms with E-state index in [4.69, 9.17) is 0 Å². The molecule has 2 saturated heterocycles. The Morgan fingerprint density at radius 1 is 1.09 bits per heavy atom. The Morgan fingerprint density at radius 3 is 2.50 bits per heavy atom. The maximum Gasteiger partial charge on any atom is 0.222 e. The minimum atomic E-state index is 0.303. The summed E-state index contributed by atoms with van der Waals surface area (Å²) in [6.45, 7) is 9.25. The average molecular weight is 301 g/mol. The summed E-state index contributed by atoms with van der Waals surface area (Å²) >= 11 is 0. The van der Waals surface area contributed by atoms with E-state index in [-0.39, 0.29) is 0 Å². The molecule has 2 aliphatic heterocycles. The van der Waals surface area contributed by atoms with Gasteiger partial charge in [-0.1, -0.05) is 37.3 Å². The van der Waals surface area contributed by atoms with Gasteiger partial charge in [0.2, 0.25) is 5.91 Å². The van der Waals surface area contributed by atoms with Crippen LogP contribution in [0.25, 0.3) is 0 Å². The smallest absolute Gasteiger partial charge is 0.222 e. The molecule has 0 N–H and O–H groups in total. The van der Waals surface area contributed by atoms with Gasteiger partial charge in [0.15, 0.2) is 0 Å². The SMILES string of the molecule is CCC(=O)N1CCN(C2CCN(Cc3ccccc3)C2)CC1. The molecular formula is C18H27N3O. The third-order valence-electron chi connectivity index (χ3n) is 4.98. The molecule has 1 aromatic carbocycles. The quantitative estimate of drug-likeness (QED) is 0.849. The number of rotatable bonds is 4. The maximum absolute atomic E-state index is 11.7. The monoisotopic (exact) mass is 301 g/mol. The van der Waals surface area contributed by atoms with Gasteiger partial charge in [-0.2, -0.15) is 0 Å². The highest BCUT2D eigenvalue weighted by molar-refractivity contribution is 5.75. The summed E-state index contributed by atoms with van der Waals surface area (Å²) in [5.74, 6) is 0.303. The molecule has 120 valence electrons. The van der Waals surface area contributed by atoms with E-state index in [9.17, 15) is 4.79 Å². The van der Waals surface area contributed by atoms with Crippen molar-refractivity contribution in [3.05, 3.63) is 35.9 Å². The fraction of sp³-hybridized carbons (Fsp3) is 0.611. The number of likely N-dealkylation sites (tertiary alicyclic amines) is 1. The second-order valence-corrected chi connectivity index (χ2v) is 6.43.